The molecule has 0 radical (unpaired) electrons. The molecule has 196 valence electrons. The number of pyridine rings is 1. The second kappa shape index (κ2) is 7.13. The molecular formula is C30H35NO6. The number of aromatic nitrogens is 1. The van der Waals surface area contributed by atoms with Crippen LogP contribution in [0.2, 0.25) is 0 Å². The van der Waals surface area contributed by atoms with E-state index >= 15 is 0 Å². The Morgan fingerprint density at radius 1 is 1.14 bits per heavy atom. The Morgan fingerprint density at radius 3 is 2.65 bits per heavy atom. The Morgan fingerprint density at radius 2 is 1.95 bits per heavy atom. The van der Waals surface area contributed by atoms with Crippen molar-refractivity contribution in [3.05, 3.63) is 58.2 Å². The fourth-order valence-corrected chi connectivity index (χ4v) is 9.45. The predicted molar refractivity (Wildman–Crippen MR) is 136 cm³/mol. The fourth-order valence-electron chi connectivity index (χ4n) is 9.45. The first-order valence-corrected chi connectivity index (χ1v) is 13.5. The van der Waals surface area contributed by atoms with E-state index in [-0.39, 0.29) is 22.3 Å². The Bertz CT molecular complexity index is 1370. The summed E-state index contributed by atoms with van der Waals surface area (Å²) in [6, 6.07) is 5.34. The van der Waals surface area contributed by atoms with E-state index in [1.807, 2.05) is 13.0 Å². The molecule has 0 aromatic carbocycles. The van der Waals surface area contributed by atoms with E-state index in [1.165, 1.54) is 0 Å². The van der Waals surface area contributed by atoms with Crippen LogP contribution in [0.15, 0.2) is 51.5 Å². The summed E-state index contributed by atoms with van der Waals surface area (Å²) in [5.74, 6) is 0.136. The summed E-state index contributed by atoms with van der Waals surface area (Å²) in [6.45, 7) is 9.06. The lowest BCUT2D eigenvalue weighted by Crippen LogP contribution is -2.74. The van der Waals surface area contributed by atoms with Crippen molar-refractivity contribution < 1.29 is 24.1 Å². The Labute approximate surface area is 216 Å². The van der Waals surface area contributed by atoms with Gasteiger partial charge in [-0.2, -0.15) is 0 Å². The van der Waals surface area contributed by atoms with Crippen molar-refractivity contribution in [2.75, 3.05) is 6.61 Å². The van der Waals surface area contributed by atoms with Gasteiger partial charge >= 0.3 is 5.63 Å². The third-order valence-electron chi connectivity index (χ3n) is 11.4. The quantitative estimate of drug-likeness (QED) is 0.538. The van der Waals surface area contributed by atoms with E-state index < -0.39 is 28.5 Å². The number of aliphatic hydroxyl groups excluding tert-OH is 1. The average Bonchev–Trinajstić information content (AvgIpc) is 3.18. The van der Waals surface area contributed by atoms with Crippen molar-refractivity contribution in [2.45, 2.75) is 77.3 Å². The van der Waals surface area contributed by atoms with E-state index in [0.29, 0.717) is 36.0 Å². The normalized spacial score (nSPS) is 43.0. The summed E-state index contributed by atoms with van der Waals surface area (Å²) in [5, 5.41) is 23.3. The molecule has 37 heavy (non-hydrogen) atoms. The first-order valence-electron chi connectivity index (χ1n) is 13.5. The highest BCUT2D eigenvalue weighted by Gasteiger charge is 2.76. The molecule has 0 amide bonds. The predicted octanol–water partition coefficient (Wildman–Crippen LogP) is 4.77. The molecule has 7 heteroatoms. The minimum absolute atomic E-state index is 0.130. The molecule has 2 aromatic rings. The number of allylic oxidation sites excluding steroid dienone is 1. The molecule has 2 saturated heterocycles. The summed E-state index contributed by atoms with van der Waals surface area (Å²) in [7, 11) is 0. The van der Waals surface area contributed by atoms with Gasteiger partial charge in [-0.15, -0.1) is 0 Å². The minimum atomic E-state index is -1.14. The molecule has 2 spiro atoms. The van der Waals surface area contributed by atoms with Crippen LogP contribution in [0.3, 0.4) is 0 Å². The summed E-state index contributed by atoms with van der Waals surface area (Å²) < 4.78 is 18.8. The molecule has 4 fully saturated rings. The molecule has 2 N–H and O–H groups in total. The van der Waals surface area contributed by atoms with Gasteiger partial charge in [0.15, 0.2) is 11.4 Å². The fraction of sp³-hybridized carbons (Fsp3) is 0.600. The van der Waals surface area contributed by atoms with E-state index in [9.17, 15) is 15.0 Å². The van der Waals surface area contributed by atoms with Crippen LogP contribution < -0.4 is 10.4 Å². The number of fused-ring (bicyclic) bond motifs is 5. The van der Waals surface area contributed by atoms with Gasteiger partial charge in [-0.3, -0.25) is 4.98 Å². The van der Waals surface area contributed by atoms with Crippen molar-refractivity contribution in [1.82, 2.24) is 4.98 Å². The summed E-state index contributed by atoms with van der Waals surface area (Å²) in [4.78, 5) is 17.4. The first-order chi connectivity index (χ1) is 17.5. The smallest absolute Gasteiger partial charge is 0.346 e. The highest BCUT2D eigenvalue weighted by atomic mass is 16.6. The van der Waals surface area contributed by atoms with Gasteiger partial charge < -0.3 is 24.1 Å². The number of hydrogen-bond acceptors (Lipinski definition) is 7. The van der Waals surface area contributed by atoms with Crippen LogP contribution in [0.4, 0.5) is 0 Å². The SMILES string of the molecule is CC1=CC[C@H]2[C@@]34CC[C@@](O)(OC3)C(C)(C)[C@H]4CC[C@]2(C)[C@]12Oc1cc(-c3cccnc3)oc(=O)c1[C@H]2O. The van der Waals surface area contributed by atoms with Crippen LogP contribution in [0.25, 0.3) is 11.3 Å². The third kappa shape index (κ3) is 2.58. The molecular weight excluding hydrogens is 470 g/mol. The van der Waals surface area contributed by atoms with E-state index in [4.69, 9.17) is 13.9 Å². The molecule has 3 aliphatic carbocycles. The molecule has 7 atom stereocenters. The van der Waals surface area contributed by atoms with E-state index in [0.717, 1.165) is 31.3 Å². The van der Waals surface area contributed by atoms with Gasteiger partial charge in [0.1, 0.15) is 23.2 Å². The Kier molecular flexibility index (Phi) is 4.55. The van der Waals surface area contributed by atoms with Crippen molar-refractivity contribution in [2.24, 2.45) is 28.1 Å². The number of nitrogens with zero attached hydrogens (tertiary/aromatic N) is 1. The Balaban J connectivity index is 1.36. The zero-order valence-electron chi connectivity index (χ0n) is 21.9. The molecule has 2 bridgehead atoms. The maximum atomic E-state index is 13.3. The monoisotopic (exact) mass is 505 g/mol. The van der Waals surface area contributed by atoms with Crippen LogP contribution in [0.5, 0.6) is 5.75 Å². The van der Waals surface area contributed by atoms with Crippen LogP contribution in [0, 0.1) is 28.1 Å². The van der Waals surface area contributed by atoms with Gasteiger partial charge in [0.05, 0.1) is 6.61 Å². The minimum Gasteiger partial charge on any atom is -0.478 e. The van der Waals surface area contributed by atoms with E-state index in [1.54, 1.807) is 24.5 Å². The topological polar surface area (TPSA) is 102 Å². The largest absolute Gasteiger partial charge is 0.478 e. The maximum Gasteiger partial charge on any atom is 0.346 e. The number of ether oxygens (including phenoxy) is 2. The first kappa shape index (κ1) is 23.6. The highest BCUT2D eigenvalue weighted by Crippen LogP contribution is 2.75. The maximum absolute atomic E-state index is 13.3. The lowest BCUT2D eigenvalue weighted by atomic mass is 9.36. The molecule has 7 nitrogen and oxygen atoms in total. The van der Waals surface area contributed by atoms with Crippen molar-refractivity contribution in [1.29, 1.82) is 0 Å². The van der Waals surface area contributed by atoms with Gasteiger partial charge in [-0.25, -0.2) is 4.79 Å². The number of hydrogen-bond donors (Lipinski definition) is 2. The second-order valence-corrected chi connectivity index (χ2v) is 12.9. The number of rotatable bonds is 1. The van der Waals surface area contributed by atoms with Crippen LogP contribution >= 0.6 is 0 Å². The van der Waals surface area contributed by atoms with Crippen molar-refractivity contribution in [3.8, 4) is 17.1 Å². The number of aliphatic hydroxyl groups is 2. The van der Waals surface area contributed by atoms with Gasteiger partial charge in [0, 0.05) is 46.7 Å². The lowest BCUT2D eigenvalue weighted by molar-refractivity contribution is -0.396. The van der Waals surface area contributed by atoms with Gasteiger partial charge in [0.2, 0.25) is 0 Å². The van der Waals surface area contributed by atoms with Crippen molar-refractivity contribution in [3.63, 3.8) is 0 Å². The highest BCUT2D eigenvalue weighted by molar-refractivity contribution is 5.60. The van der Waals surface area contributed by atoms with Gasteiger partial charge in [-0.05, 0) is 62.1 Å². The molecule has 0 unspecified atom stereocenters. The zero-order valence-corrected chi connectivity index (χ0v) is 21.9. The molecule has 6 aliphatic rings. The average molecular weight is 506 g/mol. The molecule has 3 aliphatic heterocycles. The zero-order chi connectivity index (χ0) is 26.0. The van der Waals surface area contributed by atoms with Gasteiger partial charge in [-0.1, -0.05) is 26.8 Å². The molecule has 2 saturated carbocycles. The lowest BCUT2D eigenvalue weighted by Gasteiger charge is -2.72. The second-order valence-electron chi connectivity index (χ2n) is 12.9. The Hall–Kier alpha value is -2.48. The molecule has 2 aromatic heterocycles. The van der Waals surface area contributed by atoms with Crippen LogP contribution in [0.1, 0.15) is 71.5 Å². The molecule has 5 heterocycles. The third-order valence-corrected chi connectivity index (χ3v) is 11.4. The van der Waals surface area contributed by atoms with Crippen molar-refractivity contribution >= 4 is 0 Å². The summed E-state index contributed by atoms with van der Waals surface area (Å²) in [6.07, 6.45) is 8.45. The summed E-state index contributed by atoms with van der Waals surface area (Å²) in [5.41, 5.74) is -0.770. The van der Waals surface area contributed by atoms with E-state index in [2.05, 4.69) is 31.8 Å². The van der Waals surface area contributed by atoms with Gasteiger partial charge in [0.25, 0.3) is 0 Å². The van der Waals surface area contributed by atoms with Crippen LogP contribution in [-0.2, 0) is 4.74 Å². The standard InChI is InChI=1S/C30H35NO6/c1-17-7-8-22-27(4,10-9-21-26(2,3)29(34)12-11-28(21,22)16-35-29)30(17)24(32)23-20(37-30)14-19(36-25(23)33)18-6-5-13-31-15-18/h5-7,13-15,21-22,24,32,34H,8-12,16H2,1-4H3/t21-,22-,24-,27+,28+,29-,30+/m1/s1. The van der Waals surface area contributed by atoms with Crippen LogP contribution in [-0.4, -0.2) is 33.2 Å². The summed E-state index contributed by atoms with van der Waals surface area (Å²) >= 11 is 0. The molecule has 8 rings (SSSR count).